The molecule has 1 unspecified atom stereocenters. The number of benzene rings is 3. The first-order valence-corrected chi connectivity index (χ1v) is 9.35. The molecule has 2 N–H and O–H groups in total. The van der Waals surface area contributed by atoms with Gasteiger partial charge in [-0.25, -0.2) is 0 Å². The van der Waals surface area contributed by atoms with Gasteiger partial charge in [0.05, 0.1) is 11.4 Å². The summed E-state index contributed by atoms with van der Waals surface area (Å²) in [6.45, 7) is 0. The zero-order valence-electron chi connectivity index (χ0n) is 16.0. The van der Waals surface area contributed by atoms with Crippen molar-refractivity contribution < 1.29 is 22.8 Å². The Kier molecular flexibility index (Phi) is 5.29. The third-order valence-corrected chi connectivity index (χ3v) is 4.75. The molecular formula is C23H16F3N3O2. The van der Waals surface area contributed by atoms with E-state index >= 15 is 0 Å². The van der Waals surface area contributed by atoms with Crippen molar-refractivity contribution in [3.63, 3.8) is 0 Å². The number of halogens is 3. The van der Waals surface area contributed by atoms with Crippen LogP contribution in [0.4, 0.5) is 30.2 Å². The highest BCUT2D eigenvalue weighted by Crippen LogP contribution is 2.36. The van der Waals surface area contributed by atoms with Crippen LogP contribution in [0.3, 0.4) is 0 Å². The SMILES string of the molecule is O=C1Nc2ccccc2C1C(=Nc1cccc(NC(=O)C(F)(F)F)c1)c1ccccc1. The highest BCUT2D eigenvalue weighted by atomic mass is 19.4. The number of rotatable bonds is 4. The predicted molar refractivity (Wildman–Crippen MR) is 112 cm³/mol. The van der Waals surface area contributed by atoms with Crippen LogP contribution in [0.25, 0.3) is 0 Å². The zero-order chi connectivity index (χ0) is 22.0. The molecule has 0 radical (unpaired) electrons. The van der Waals surface area contributed by atoms with Crippen LogP contribution in [0.5, 0.6) is 0 Å². The quantitative estimate of drug-likeness (QED) is 0.577. The van der Waals surface area contributed by atoms with E-state index in [1.807, 2.05) is 53.8 Å². The maximum absolute atomic E-state index is 12.8. The molecule has 1 aliphatic rings. The van der Waals surface area contributed by atoms with Gasteiger partial charge in [-0.3, -0.25) is 14.6 Å². The summed E-state index contributed by atoms with van der Waals surface area (Å²) in [5.41, 5.74) is 2.85. The molecule has 0 aliphatic carbocycles. The van der Waals surface area contributed by atoms with Gasteiger partial charge in [-0.1, -0.05) is 54.6 Å². The predicted octanol–water partition coefficient (Wildman–Crippen LogP) is 5.04. The fourth-order valence-corrected chi connectivity index (χ4v) is 3.38. The van der Waals surface area contributed by atoms with Crippen molar-refractivity contribution in [1.82, 2.24) is 0 Å². The van der Waals surface area contributed by atoms with Crippen LogP contribution < -0.4 is 10.6 Å². The fraction of sp³-hybridized carbons (Fsp3) is 0.0870. The average molecular weight is 423 g/mol. The van der Waals surface area contributed by atoms with Gasteiger partial charge in [0.1, 0.15) is 5.92 Å². The summed E-state index contributed by atoms with van der Waals surface area (Å²) in [6.07, 6.45) is -5.00. The van der Waals surface area contributed by atoms with Gasteiger partial charge >= 0.3 is 12.1 Å². The lowest BCUT2D eigenvalue weighted by atomic mass is 9.90. The van der Waals surface area contributed by atoms with E-state index in [-0.39, 0.29) is 11.6 Å². The van der Waals surface area contributed by atoms with Crippen molar-refractivity contribution in [1.29, 1.82) is 0 Å². The van der Waals surface area contributed by atoms with Crippen molar-refractivity contribution in [3.05, 3.63) is 90.0 Å². The summed E-state index contributed by atoms with van der Waals surface area (Å²) < 4.78 is 37.7. The molecule has 3 aromatic rings. The van der Waals surface area contributed by atoms with E-state index in [2.05, 4.69) is 10.3 Å². The smallest absolute Gasteiger partial charge is 0.325 e. The molecule has 31 heavy (non-hydrogen) atoms. The number of fused-ring (bicyclic) bond motifs is 1. The largest absolute Gasteiger partial charge is 0.471 e. The molecule has 2 amide bonds. The lowest BCUT2D eigenvalue weighted by Gasteiger charge is -2.14. The minimum Gasteiger partial charge on any atom is -0.325 e. The number of nitrogens with zero attached hydrogens (tertiary/aromatic N) is 1. The first kappa shape index (κ1) is 20.3. The number of aliphatic imine (C=N–C) groups is 1. The Morgan fingerprint density at radius 2 is 1.65 bits per heavy atom. The Morgan fingerprint density at radius 1 is 0.935 bits per heavy atom. The van der Waals surface area contributed by atoms with Gasteiger partial charge in [-0.05, 0) is 35.4 Å². The summed E-state index contributed by atoms with van der Waals surface area (Å²) in [5.74, 6) is -3.00. The van der Waals surface area contributed by atoms with Crippen molar-refractivity contribution in [2.45, 2.75) is 12.1 Å². The van der Waals surface area contributed by atoms with Gasteiger partial charge in [0.2, 0.25) is 5.91 Å². The lowest BCUT2D eigenvalue weighted by Crippen LogP contribution is -2.29. The summed E-state index contributed by atoms with van der Waals surface area (Å²) in [5, 5.41) is 4.65. The molecule has 0 saturated carbocycles. The normalized spacial score (nSPS) is 15.9. The standard InChI is InChI=1S/C23H16F3N3O2/c24-23(25,26)22(31)28-16-10-6-9-15(13-16)27-20(14-7-2-1-3-8-14)19-17-11-4-5-12-18(17)29-21(19)30/h1-13,19H,(H,28,31)(H,29,30). The molecule has 4 rings (SSSR count). The minimum atomic E-state index is -5.00. The topological polar surface area (TPSA) is 70.6 Å². The van der Waals surface area contributed by atoms with E-state index < -0.39 is 18.0 Å². The second-order valence-electron chi connectivity index (χ2n) is 6.87. The van der Waals surface area contributed by atoms with Crippen LogP contribution in [0.15, 0.2) is 83.9 Å². The number of carbonyl (C=O) groups excluding carboxylic acids is 2. The van der Waals surface area contributed by atoms with E-state index in [1.165, 1.54) is 18.2 Å². The Balaban J connectivity index is 1.77. The molecule has 0 spiro atoms. The monoisotopic (exact) mass is 423 g/mol. The van der Waals surface area contributed by atoms with Gasteiger partial charge < -0.3 is 10.6 Å². The van der Waals surface area contributed by atoms with Gasteiger partial charge in [-0.2, -0.15) is 13.2 Å². The molecule has 1 aliphatic heterocycles. The molecular weight excluding hydrogens is 407 g/mol. The molecule has 0 aromatic heterocycles. The average Bonchev–Trinajstić information content (AvgIpc) is 3.08. The van der Waals surface area contributed by atoms with Crippen LogP contribution in [0.2, 0.25) is 0 Å². The number of hydrogen-bond acceptors (Lipinski definition) is 3. The maximum Gasteiger partial charge on any atom is 0.471 e. The van der Waals surface area contributed by atoms with Gasteiger partial charge in [0, 0.05) is 11.4 Å². The van der Waals surface area contributed by atoms with Crippen molar-refractivity contribution in [2.24, 2.45) is 4.99 Å². The number of para-hydroxylation sites is 1. The number of carbonyl (C=O) groups is 2. The van der Waals surface area contributed by atoms with Crippen molar-refractivity contribution in [3.8, 4) is 0 Å². The first-order valence-electron chi connectivity index (χ1n) is 9.35. The summed E-state index contributed by atoms with van der Waals surface area (Å²) >= 11 is 0. The second-order valence-corrected chi connectivity index (χ2v) is 6.87. The van der Waals surface area contributed by atoms with Gasteiger partial charge in [0.15, 0.2) is 0 Å². The lowest BCUT2D eigenvalue weighted by molar-refractivity contribution is -0.167. The fourth-order valence-electron chi connectivity index (χ4n) is 3.38. The molecule has 1 heterocycles. The number of amides is 2. The summed E-state index contributed by atoms with van der Waals surface area (Å²) in [7, 11) is 0. The van der Waals surface area contributed by atoms with Gasteiger partial charge in [0.25, 0.3) is 0 Å². The molecule has 8 heteroatoms. The number of anilines is 2. The van der Waals surface area contributed by atoms with Crippen LogP contribution in [0.1, 0.15) is 17.0 Å². The van der Waals surface area contributed by atoms with E-state index in [0.29, 0.717) is 22.6 Å². The van der Waals surface area contributed by atoms with E-state index in [9.17, 15) is 22.8 Å². The third-order valence-electron chi connectivity index (χ3n) is 4.75. The van der Waals surface area contributed by atoms with E-state index in [1.54, 1.807) is 12.1 Å². The first-order chi connectivity index (χ1) is 14.8. The highest BCUT2D eigenvalue weighted by molar-refractivity contribution is 6.24. The third kappa shape index (κ3) is 4.32. The maximum atomic E-state index is 12.8. The highest BCUT2D eigenvalue weighted by Gasteiger charge is 2.39. The second kappa shape index (κ2) is 8.06. The Labute approximate surface area is 175 Å². The van der Waals surface area contributed by atoms with Crippen molar-refractivity contribution in [2.75, 3.05) is 10.6 Å². The number of hydrogen-bond donors (Lipinski definition) is 2. The van der Waals surface area contributed by atoms with Gasteiger partial charge in [-0.15, -0.1) is 0 Å². The van der Waals surface area contributed by atoms with Crippen LogP contribution >= 0.6 is 0 Å². The molecule has 1 atom stereocenters. The van der Waals surface area contributed by atoms with Crippen LogP contribution in [-0.4, -0.2) is 23.7 Å². The molecule has 156 valence electrons. The van der Waals surface area contributed by atoms with E-state index in [0.717, 1.165) is 5.56 Å². The summed E-state index contributed by atoms with van der Waals surface area (Å²) in [4.78, 5) is 28.7. The Morgan fingerprint density at radius 3 is 2.39 bits per heavy atom. The zero-order valence-corrected chi connectivity index (χ0v) is 16.0. The van der Waals surface area contributed by atoms with Crippen LogP contribution in [-0.2, 0) is 9.59 Å². The summed E-state index contributed by atoms with van der Waals surface area (Å²) in [6, 6.07) is 22.1. The Hall–Kier alpha value is -3.94. The number of nitrogens with one attached hydrogen (secondary N) is 2. The minimum absolute atomic E-state index is 0.0488. The molecule has 0 fully saturated rings. The molecule has 5 nitrogen and oxygen atoms in total. The Bertz CT molecular complexity index is 1170. The number of alkyl halides is 3. The molecule has 3 aromatic carbocycles. The molecule has 0 bridgehead atoms. The van der Waals surface area contributed by atoms with Crippen molar-refractivity contribution >= 4 is 34.6 Å². The van der Waals surface area contributed by atoms with Crippen LogP contribution in [0, 0.1) is 0 Å². The molecule has 0 saturated heterocycles. The van der Waals surface area contributed by atoms with E-state index in [4.69, 9.17) is 0 Å².